The fraction of sp³-hybridized carbons (Fsp3) is 1.00. The molecule has 2 aliphatic carbocycles. The first kappa shape index (κ1) is 16.3. The first-order valence-corrected chi connectivity index (χ1v) is 9.44. The summed E-state index contributed by atoms with van der Waals surface area (Å²) in [6, 6.07) is 0. The molecule has 0 bridgehead atoms. The second-order valence-corrected chi connectivity index (χ2v) is 7.53. The summed E-state index contributed by atoms with van der Waals surface area (Å²) in [7, 11) is 0. The third-order valence-electron chi connectivity index (χ3n) is 6.27. The zero-order chi connectivity index (χ0) is 14.4. The van der Waals surface area contributed by atoms with Gasteiger partial charge in [0.05, 0.1) is 6.10 Å². The highest BCUT2D eigenvalue weighted by Gasteiger charge is 2.35. The van der Waals surface area contributed by atoms with Gasteiger partial charge in [0.1, 0.15) is 0 Å². The molecule has 0 aliphatic heterocycles. The minimum Gasteiger partial charge on any atom is -0.393 e. The molecule has 3 atom stereocenters. The molecule has 1 heteroatoms. The predicted molar refractivity (Wildman–Crippen MR) is 86.7 cm³/mol. The zero-order valence-electron chi connectivity index (χ0n) is 13.8. The quantitative estimate of drug-likeness (QED) is 0.675. The third-order valence-corrected chi connectivity index (χ3v) is 6.27. The minimum absolute atomic E-state index is 0.00683. The lowest BCUT2D eigenvalue weighted by Crippen LogP contribution is -2.37. The highest BCUT2D eigenvalue weighted by molar-refractivity contribution is 4.86. The van der Waals surface area contributed by atoms with Crippen LogP contribution in [0.15, 0.2) is 0 Å². The van der Waals surface area contributed by atoms with E-state index in [1.165, 1.54) is 77.0 Å². The van der Waals surface area contributed by atoms with Crippen molar-refractivity contribution in [2.24, 2.45) is 23.7 Å². The van der Waals surface area contributed by atoms with Gasteiger partial charge >= 0.3 is 0 Å². The van der Waals surface area contributed by atoms with Crippen LogP contribution < -0.4 is 0 Å². The van der Waals surface area contributed by atoms with Gasteiger partial charge in [0, 0.05) is 0 Å². The van der Waals surface area contributed by atoms with E-state index in [0.29, 0.717) is 11.8 Å². The molecular formula is C19H36O. The Labute approximate surface area is 126 Å². The molecule has 0 spiro atoms. The lowest BCUT2D eigenvalue weighted by atomic mass is 9.68. The smallest absolute Gasteiger partial charge is 0.0599 e. The van der Waals surface area contributed by atoms with Crippen molar-refractivity contribution in [2.45, 2.75) is 97.0 Å². The Bertz CT molecular complexity index is 254. The van der Waals surface area contributed by atoms with E-state index in [2.05, 4.69) is 13.8 Å². The third kappa shape index (κ3) is 4.23. The fourth-order valence-electron chi connectivity index (χ4n) is 4.85. The topological polar surface area (TPSA) is 20.2 Å². The van der Waals surface area contributed by atoms with Gasteiger partial charge in [0.15, 0.2) is 0 Å². The average Bonchev–Trinajstić information content (AvgIpc) is 2.52. The summed E-state index contributed by atoms with van der Waals surface area (Å²) in [5, 5.41) is 10.9. The lowest BCUT2D eigenvalue weighted by molar-refractivity contribution is -0.0135. The first-order valence-electron chi connectivity index (χ1n) is 9.44. The SMILES string of the molecule is CCCCC1CCC(C(O)C2CCCCC2CC)CC1. The van der Waals surface area contributed by atoms with E-state index in [0.717, 1.165) is 11.8 Å². The van der Waals surface area contributed by atoms with Gasteiger partial charge in [0.2, 0.25) is 0 Å². The molecule has 0 aromatic rings. The highest BCUT2D eigenvalue weighted by Crippen LogP contribution is 2.41. The van der Waals surface area contributed by atoms with Gasteiger partial charge in [-0.3, -0.25) is 0 Å². The first-order chi connectivity index (χ1) is 9.76. The van der Waals surface area contributed by atoms with Crippen molar-refractivity contribution in [1.82, 2.24) is 0 Å². The molecule has 2 saturated carbocycles. The summed E-state index contributed by atoms with van der Waals surface area (Å²) >= 11 is 0. The monoisotopic (exact) mass is 280 g/mol. The van der Waals surface area contributed by atoms with Crippen LogP contribution in [0.25, 0.3) is 0 Å². The van der Waals surface area contributed by atoms with E-state index < -0.39 is 0 Å². The van der Waals surface area contributed by atoms with Crippen LogP contribution in [-0.2, 0) is 0 Å². The van der Waals surface area contributed by atoms with Gasteiger partial charge in [0.25, 0.3) is 0 Å². The van der Waals surface area contributed by atoms with Crippen molar-refractivity contribution in [3.05, 3.63) is 0 Å². The molecular weight excluding hydrogens is 244 g/mol. The molecule has 1 nitrogen and oxygen atoms in total. The van der Waals surface area contributed by atoms with E-state index in [4.69, 9.17) is 0 Å². The van der Waals surface area contributed by atoms with Crippen LogP contribution in [0, 0.1) is 23.7 Å². The second kappa shape index (κ2) is 8.41. The summed E-state index contributed by atoms with van der Waals surface area (Å²) in [6.45, 7) is 4.61. The number of hydrogen-bond acceptors (Lipinski definition) is 1. The van der Waals surface area contributed by atoms with Crippen molar-refractivity contribution < 1.29 is 5.11 Å². The van der Waals surface area contributed by atoms with Gasteiger partial charge in [-0.15, -0.1) is 0 Å². The fourth-order valence-corrected chi connectivity index (χ4v) is 4.85. The predicted octanol–water partition coefficient (Wildman–Crippen LogP) is 5.56. The minimum atomic E-state index is 0.00683. The molecule has 0 amide bonds. The Hall–Kier alpha value is -0.0400. The van der Waals surface area contributed by atoms with Gasteiger partial charge in [-0.25, -0.2) is 0 Å². The van der Waals surface area contributed by atoms with Crippen LogP contribution in [-0.4, -0.2) is 11.2 Å². The van der Waals surface area contributed by atoms with Crippen molar-refractivity contribution in [2.75, 3.05) is 0 Å². The largest absolute Gasteiger partial charge is 0.393 e. The van der Waals surface area contributed by atoms with Crippen molar-refractivity contribution in [1.29, 1.82) is 0 Å². The molecule has 2 rings (SSSR count). The molecule has 0 heterocycles. The van der Waals surface area contributed by atoms with Crippen LogP contribution in [0.1, 0.15) is 90.9 Å². The molecule has 0 radical (unpaired) electrons. The van der Waals surface area contributed by atoms with Crippen molar-refractivity contribution >= 4 is 0 Å². The average molecular weight is 280 g/mol. The summed E-state index contributed by atoms with van der Waals surface area (Å²) in [4.78, 5) is 0. The molecule has 2 aliphatic rings. The number of rotatable bonds is 6. The van der Waals surface area contributed by atoms with Crippen LogP contribution in [0.2, 0.25) is 0 Å². The van der Waals surface area contributed by atoms with Crippen LogP contribution >= 0.6 is 0 Å². The summed E-state index contributed by atoms with van der Waals surface area (Å²) in [6.07, 6.45) is 16.2. The molecule has 3 unspecified atom stereocenters. The molecule has 20 heavy (non-hydrogen) atoms. The molecule has 118 valence electrons. The van der Waals surface area contributed by atoms with Crippen LogP contribution in [0.5, 0.6) is 0 Å². The summed E-state index contributed by atoms with van der Waals surface area (Å²) in [5.74, 6) is 3.00. The van der Waals surface area contributed by atoms with Crippen molar-refractivity contribution in [3.8, 4) is 0 Å². The van der Waals surface area contributed by atoms with Gasteiger partial charge in [-0.1, -0.05) is 71.6 Å². The molecule has 0 aromatic carbocycles. The number of aliphatic hydroxyl groups excluding tert-OH is 1. The zero-order valence-corrected chi connectivity index (χ0v) is 13.8. The summed E-state index contributed by atoms with van der Waals surface area (Å²) in [5.41, 5.74) is 0. The Kier molecular flexibility index (Phi) is 6.87. The van der Waals surface area contributed by atoms with Gasteiger partial charge in [-0.2, -0.15) is 0 Å². The Morgan fingerprint density at radius 1 is 0.950 bits per heavy atom. The molecule has 1 N–H and O–H groups in total. The van der Waals surface area contributed by atoms with Crippen molar-refractivity contribution in [3.63, 3.8) is 0 Å². The standard InChI is InChI=1S/C19H36O/c1-3-5-8-15-11-13-17(14-12-15)19(20)18-10-7-6-9-16(18)4-2/h15-20H,3-14H2,1-2H3. The number of hydrogen-bond donors (Lipinski definition) is 1. The van der Waals surface area contributed by atoms with Gasteiger partial charge in [-0.05, 0) is 42.9 Å². The Morgan fingerprint density at radius 3 is 2.30 bits per heavy atom. The van der Waals surface area contributed by atoms with E-state index >= 15 is 0 Å². The second-order valence-electron chi connectivity index (χ2n) is 7.53. The highest BCUT2D eigenvalue weighted by atomic mass is 16.3. The lowest BCUT2D eigenvalue weighted by Gasteiger charge is -2.40. The van der Waals surface area contributed by atoms with Crippen LogP contribution in [0.3, 0.4) is 0 Å². The van der Waals surface area contributed by atoms with Gasteiger partial charge < -0.3 is 5.11 Å². The normalized spacial score (nSPS) is 36.8. The van der Waals surface area contributed by atoms with E-state index in [1.54, 1.807) is 0 Å². The number of unbranched alkanes of at least 4 members (excludes halogenated alkanes) is 1. The molecule has 0 saturated heterocycles. The maximum atomic E-state index is 10.9. The number of aliphatic hydroxyl groups is 1. The molecule has 0 aromatic heterocycles. The van der Waals surface area contributed by atoms with Crippen LogP contribution in [0.4, 0.5) is 0 Å². The summed E-state index contributed by atoms with van der Waals surface area (Å²) < 4.78 is 0. The van der Waals surface area contributed by atoms with E-state index in [9.17, 15) is 5.11 Å². The molecule has 2 fully saturated rings. The van der Waals surface area contributed by atoms with E-state index in [-0.39, 0.29) is 6.10 Å². The Morgan fingerprint density at radius 2 is 1.65 bits per heavy atom. The van der Waals surface area contributed by atoms with E-state index in [1.807, 2.05) is 0 Å². The maximum absolute atomic E-state index is 10.9. The Balaban J connectivity index is 1.79. The maximum Gasteiger partial charge on any atom is 0.0599 e.